The van der Waals surface area contributed by atoms with E-state index >= 15 is 0 Å². The molecule has 0 saturated carbocycles. The molecule has 2 aromatic carbocycles. The maximum Gasteiger partial charge on any atom is 0.233 e. The van der Waals surface area contributed by atoms with Crippen LogP contribution >= 0.6 is 15.9 Å². The minimum atomic E-state index is -1.13. The second kappa shape index (κ2) is 7.77. The van der Waals surface area contributed by atoms with Gasteiger partial charge in [0.25, 0.3) is 0 Å². The number of oxazole rings is 1. The molecule has 1 heterocycles. The first-order valence-corrected chi connectivity index (χ1v) is 8.55. The molecule has 4 nitrogen and oxygen atoms in total. The average molecular weight is 416 g/mol. The zero-order chi connectivity index (χ0) is 17.8. The van der Waals surface area contributed by atoms with Crippen LogP contribution in [0, 0.1) is 17.5 Å². The van der Waals surface area contributed by atoms with Crippen molar-refractivity contribution in [2.75, 3.05) is 11.9 Å². The second-order valence-corrected chi connectivity index (χ2v) is 5.88. The third-order valence-electron chi connectivity index (χ3n) is 3.26. The van der Waals surface area contributed by atoms with Crippen LogP contribution in [-0.2, 0) is 6.61 Å². The summed E-state index contributed by atoms with van der Waals surface area (Å²) in [5, 5.41) is 0.815. The van der Waals surface area contributed by atoms with Gasteiger partial charge in [-0.05, 0) is 18.6 Å². The van der Waals surface area contributed by atoms with E-state index in [1.807, 2.05) is 0 Å². The number of hydrogen-bond acceptors (Lipinski definition) is 4. The summed E-state index contributed by atoms with van der Waals surface area (Å²) in [5.41, 5.74) is 0.964. The molecule has 0 saturated heterocycles. The number of hydrogen-bond donors (Lipinski definition) is 0. The summed E-state index contributed by atoms with van der Waals surface area (Å²) in [6, 6.07) is 6.28. The summed E-state index contributed by atoms with van der Waals surface area (Å²) in [6.45, 7) is 0.198. The third kappa shape index (κ3) is 4.07. The van der Waals surface area contributed by atoms with Crippen molar-refractivity contribution in [2.24, 2.45) is 0 Å². The zero-order valence-electron chi connectivity index (χ0n) is 12.9. The van der Waals surface area contributed by atoms with Crippen LogP contribution in [0.1, 0.15) is 12.3 Å². The van der Waals surface area contributed by atoms with Crippen LogP contribution in [0.2, 0.25) is 0 Å². The van der Waals surface area contributed by atoms with Gasteiger partial charge in [-0.25, -0.2) is 18.2 Å². The fourth-order valence-electron chi connectivity index (χ4n) is 2.18. The van der Waals surface area contributed by atoms with Gasteiger partial charge in [-0.1, -0.05) is 22.0 Å². The number of para-hydroxylation sites is 1. The summed E-state index contributed by atoms with van der Waals surface area (Å²) in [4.78, 5) is 4.24. The molecule has 8 heteroatoms. The molecule has 0 aliphatic rings. The number of aromatic nitrogens is 1. The smallest absolute Gasteiger partial charge is 0.233 e. The molecule has 0 bridgehead atoms. The van der Waals surface area contributed by atoms with E-state index in [9.17, 15) is 13.2 Å². The fraction of sp³-hybridized carbons (Fsp3) is 0.235. The van der Waals surface area contributed by atoms with Gasteiger partial charge in [0.1, 0.15) is 11.6 Å². The lowest BCUT2D eigenvalue weighted by atomic mass is 10.3. The van der Waals surface area contributed by atoms with E-state index in [1.165, 1.54) is 0 Å². The molecule has 0 aliphatic heterocycles. The summed E-state index contributed by atoms with van der Waals surface area (Å²) in [6.07, 6.45) is 0.827. The van der Waals surface area contributed by atoms with Crippen molar-refractivity contribution >= 4 is 27.0 Å². The van der Waals surface area contributed by atoms with Crippen LogP contribution in [0.4, 0.5) is 13.2 Å². The van der Waals surface area contributed by atoms with Crippen molar-refractivity contribution in [1.82, 2.24) is 4.98 Å². The van der Waals surface area contributed by atoms with Crippen molar-refractivity contribution in [3.8, 4) is 11.5 Å². The van der Waals surface area contributed by atoms with Gasteiger partial charge in [-0.2, -0.15) is 0 Å². The third-order valence-corrected chi connectivity index (χ3v) is 3.83. The first-order chi connectivity index (χ1) is 12.1. The normalized spacial score (nSPS) is 11.0. The standard InChI is InChI=1S/C17H13BrF3NO3/c18-5-2-6-23-13-3-1-4-14-16(13)22-15(25-14)9-24-17-11(20)7-10(19)8-12(17)21/h1,3-4,7-8H,2,5-6,9H2. The molecule has 0 N–H and O–H groups in total. The predicted octanol–water partition coefficient (Wildman–Crippen LogP) is 4.99. The fourth-order valence-corrected chi connectivity index (χ4v) is 2.41. The summed E-state index contributed by atoms with van der Waals surface area (Å²) in [5.74, 6) is -3.30. The molecule has 0 aliphatic carbocycles. The molecular weight excluding hydrogens is 403 g/mol. The van der Waals surface area contributed by atoms with Crippen LogP contribution in [-0.4, -0.2) is 16.9 Å². The van der Waals surface area contributed by atoms with Crippen LogP contribution in [0.15, 0.2) is 34.7 Å². The van der Waals surface area contributed by atoms with E-state index < -0.39 is 23.2 Å². The molecule has 0 atom stereocenters. The molecule has 25 heavy (non-hydrogen) atoms. The number of benzene rings is 2. The highest BCUT2D eigenvalue weighted by Crippen LogP contribution is 2.28. The molecule has 0 fully saturated rings. The monoisotopic (exact) mass is 415 g/mol. The number of fused-ring (bicyclic) bond motifs is 1. The van der Waals surface area contributed by atoms with Gasteiger partial charge in [0, 0.05) is 17.5 Å². The van der Waals surface area contributed by atoms with Crippen LogP contribution in [0.3, 0.4) is 0 Å². The maximum atomic E-state index is 13.6. The summed E-state index contributed by atoms with van der Waals surface area (Å²) in [7, 11) is 0. The van der Waals surface area contributed by atoms with Crippen LogP contribution in [0.25, 0.3) is 11.1 Å². The maximum absolute atomic E-state index is 13.6. The quantitative estimate of drug-likeness (QED) is 0.402. The molecule has 132 valence electrons. The van der Waals surface area contributed by atoms with Crippen molar-refractivity contribution < 1.29 is 27.1 Å². The molecule has 0 radical (unpaired) electrons. The van der Waals surface area contributed by atoms with E-state index in [2.05, 4.69) is 20.9 Å². The Bertz CT molecular complexity index is 862. The molecule has 0 unspecified atom stereocenters. The zero-order valence-corrected chi connectivity index (χ0v) is 14.5. The Morgan fingerprint density at radius 3 is 2.56 bits per heavy atom. The van der Waals surface area contributed by atoms with E-state index in [1.54, 1.807) is 18.2 Å². The molecule has 3 aromatic rings. The highest BCUT2D eigenvalue weighted by molar-refractivity contribution is 9.09. The SMILES string of the molecule is Fc1cc(F)c(OCc2nc3c(OCCCBr)cccc3o2)c(F)c1. The Morgan fingerprint density at radius 1 is 1.08 bits per heavy atom. The molecule has 1 aromatic heterocycles. The van der Waals surface area contributed by atoms with Gasteiger partial charge in [0.2, 0.25) is 5.89 Å². The minimum Gasteiger partial charge on any atom is -0.491 e. The number of nitrogens with zero attached hydrogens (tertiary/aromatic N) is 1. The number of rotatable bonds is 7. The number of alkyl halides is 1. The number of ether oxygens (including phenoxy) is 2. The first-order valence-electron chi connectivity index (χ1n) is 7.43. The summed E-state index contributed by atoms with van der Waals surface area (Å²) < 4.78 is 56.2. The van der Waals surface area contributed by atoms with Crippen molar-refractivity contribution in [3.05, 3.63) is 53.7 Å². The number of halogens is 4. The lowest BCUT2D eigenvalue weighted by Crippen LogP contribution is -2.01. The highest BCUT2D eigenvalue weighted by Gasteiger charge is 2.16. The first kappa shape index (κ1) is 17.6. The highest BCUT2D eigenvalue weighted by atomic mass is 79.9. The minimum absolute atomic E-state index is 0.120. The van der Waals surface area contributed by atoms with Crippen molar-refractivity contribution in [1.29, 1.82) is 0 Å². The Labute approximate surface area is 149 Å². The molecular formula is C17H13BrF3NO3. The van der Waals surface area contributed by atoms with Crippen molar-refractivity contribution in [3.63, 3.8) is 0 Å². The van der Waals surface area contributed by atoms with E-state index in [0.717, 1.165) is 11.8 Å². The molecule has 0 spiro atoms. The van der Waals surface area contributed by atoms with Crippen LogP contribution in [0.5, 0.6) is 11.5 Å². The van der Waals surface area contributed by atoms with Gasteiger partial charge in [0.05, 0.1) is 6.61 Å². The predicted molar refractivity (Wildman–Crippen MR) is 88.6 cm³/mol. The topological polar surface area (TPSA) is 44.5 Å². The van der Waals surface area contributed by atoms with E-state index in [4.69, 9.17) is 13.9 Å². The molecule has 0 amide bonds. The van der Waals surface area contributed by atoms with Gasteiger partial charge in [0.15, 0.2) is 35.1 Å². The lowest BCUT2D eigenvalue weighted by molar-refractivity contribution is 0.242. The Kier molecular flexibility index (Phi) is 5.47. The van der Waals surface area contributed by atoms with Crippen molar-refractivity contribution in [2.45, 2.75) is 13.0 Å². The average Bonchev–Trinajstić information content (AvgIpc) is 2.98. The van der Waals surface area contributed by atoms with Crippen LogP contribution < -0.4 is 9.47 Å². The van der Waals surface area contributed by atoms with Gasteiger partial charge in [-0.15, -0.1) is 0 Å². The van der Waals surface area contributed by atoms with E-state index in [-0.39, 0.29) is 12.5 Å². The Hall–Kier alpha value is -2.22. The summed E-state index contributed by atoms with van der Waals surface area (Å²) >= 11 is 3.32. The van der Waals surface area contributed by atoms with Gasteiger partial charge in [-0.3, -0.25) is 0 Å². The Morgan fingerprint density at radius 2 is 1.84 bits per heavy atom. The lowest BCUT2D eigenvalue weighted by Gasteiger charge is -2.06. The van der Waals surface area contributed by atoms with Gasteiger partial charge >= 0.3 is 0 Å². The largest absolute Gasteiger partial charge is 0.491 e. The Balaban J connectivity index is 1.77. The van der Waals surface area contributed by atoms with Gasteiger partial charge < -0.3 is 13.9 Å². The molecule has 3 rings (SSSR count). The second-order valence-electron chi connectivity index (χ2n) is 5.09. The van der Waals surface area contributed by atoms with E-state index in [0.29, 0.717) is 35.6 Å².